The highest BCUT2D eigenvalue weighted by Gasteiger charge is 2.49. The molecule has 2 N–H and O–H groups in total. The van der Waals surface area contributed by atoms with Crippen LogP contribution >= 0.6 is 0 Å². The molecule has 0 aliphatic carbocycles. The lowest BCUT2D eigenvalue weighted by Gasteiger charge is -2.24. The summed E-state index contributed by atoms with van der Waals surface area (Å²) in [5.41, 5.74) is 2.34. The summed E-state index contributed by atoms with van der Waals surface area (Å²) in [6.45, 7) is 11.8. The topological polar surface area (TPSA) is 78.5 Å². The zero-order valence-corrected chi connectivity index (χ0v) is 19.1. The van der Waals surface area contributed by atoms with Crippen molar-refractivity contribution in [1.82, 2.24) is 10.2 Å². The predicted molar refractivity (Wildman–Crippen MR) is 122 cm³/mol. The Hall–Kier alpha value is -3.15. The summed E-state index contributed by atoms with van der Waals surface area (Å²) in [4.78, 5) is 39.2. The molecular formula is C25H31N3O3. The minimum Gasteiger partial charge on any atom is -0.325 e. The molecule has 1 atom stereocenters. The van der Waals surface area contributed by atoms with E-state index in [1.807, 2.05) is 42.5 Å². The van der Waals surface area contributed by atoms with E-state index in [0.717, 1.165) is 16.0 Å². The molecule has 1 aliphatic rings. The van der Waals surface area contributed by atoms with Gasteiger partial charge in [-0.05, 0) is 47.1 Å². The van der Waals surface area contributed by atoms with E-state index in [0.29, 0.717) is 17.2 Å². The summed E-state index contributed by atoms with van der Waals surface area (Å²) in [5.74, 6) is -0.531. The summed E-state index contributed by atoms with van der Waals surface area (Å²) in [6, 6.07) is 14.6. The Balaban J connectivity index is 1.74. The maximum atomic E-state index is 13.1. The lowest BCUT2D eigenvalue weighted by atomic mass is 9.84. The molecule has 1 heterocycles. The van der Waals surface area contributed by atoms with Gasteiger partial charge in [0.25, 0.3) is 5.91 Å². The van der Waals surface area contributed by atoms with Gasteiger partial charge in [-0.2, -0.15) is 0 Å². The molecule has 2 aromatic rings. The number of hydrogen-bond acceptors (Lipinski definition) is 3. The molecule has 0 radical (unpaired) electrons. The number of urea groups is 1. The Bertz CT molecular complexity index is 1010. The van der Waals surface area contributed by atoms with Crippen LogP contribution in [0.2, 0.25) is 0 Å². The van der Waals surface area contributed by atoms with E-state index in [9.17, 15) is 14.4 Å². The van der Waals surface area contributed by atoms with Crippen LogP contribution in [0.1, 0.15) is 64.2 Å². The number of anilines is 1. The molecule has 0 bridgehead atoms. The smallest absolute Gasteiger partial charge is 0.325 e. The average molecular weight is 422 g/mol. The average Bonchev–Trinajstić information content (AvgIpc) is 2.91. The van der Waals surface area contributed by atoms with E-state index in [1.54, 1.807) is 13.0 Å². The highest BCUT2D eigenvalue weighted by Crippen LogP contribution is 2.31. The number of imide groups is 1. The second-order valence-corrected chi connectivity index (χ2v) is 9.60. The lowest BCUT2D eigenvalue weighted by molar-refractivity contribution is -0.133. The number of hydrogen-bond donors (Lipinski definition) is 2. The molecule has 1 saturated heterocycles. The number of benzene rings is 2. The molecule has 1 fully saturated rings. The fraction of sp³-hybridized carbons (Fsp3) is 0.400. The minimum absolute atomic E-state index is 0.0145. The van der Waals surface area contributed by atoms with E-state index < -0.39 is 23.4 Å². The molecule has 1 unspecified atom stereocenters. The molecule has 6 nitrogen and oxygen atoms in total. The van der Waals surface area contributed by atoms with Crippen molar-refractivity contribution in [2.45, 2.75) is 58.4 Å². The summed E-state index contributed by atoms with van der Waals surface area (Å²) in [5, 5.41) is 5.54. The van der Waals surface area contributed by atoms with Gasteiger partial charge in [-0.25, -0.2) is 4.79 Å². The Labute approximate surface area is 184 Å². The van der Waals surface area contributed by atoms with Gasteiger partial charge in [-0.1, -0.05) is 71.0 Å². The van der Waals surface area contributed by atoms with E-state index in [1.165, 1.54) is 0 Å². The zero-order chi connectivity index (χ0) is 23.0. The van der Waals surface area contributed by atoms with Crippen molar-refractivity contribution in [3.8, 4) is 0 Å². The molecule has 0 spiro atoms. The number of carbonyl (C=O) groups is 3. The summed E-state index contributed by atoms with van der Waals surface area (Å²) in [7, 11) is 0. The molecule has 1 aliphatic heterocycles. The van der Waals surface area contributed by atoms with Gasteiger partial charge in [0.2, 0.25) is 5.91 Å². The fourth-order valence-electron chi connectivity index (χ4n) is 3.66. The minimum atomic E-state index is -1.20. The van der Waals surface area contributed by atoms with Crippen molar-refractivity contribution in [3.63, 3.8) is 0 Å². The zero-order valence-electron chi connectivity index (χ0n) is 19.1. The van der Waals surface area contributed by atoms with E-state index >= 15 is 0 Å². The number of nitrogens with one attached hydrogen (secondary N) is 2. The monoisotopic (exact) mass is 421 g/mol. The second-order valence-electron chi connectivity index (χ2n) is 9.60. The van der Waals surface area contributed by atoms with Crippen molar-refractivity contribution >= 4 is 23.5 Å². The third-order valence-corrected chi connectivity index (χ3v) is 5.74. The van der Waals surface area contributed by atoms with Crippen LogP contribution in [0.3, 0.4) is 0 Å². The first-order valence-electron chi connectivity index (χ1n) is 10.6. The van der Waals surface area contributed by atoms with Gasteiger partial charge in [0.15, 0.2) is 0 Å². The van der Waals surface area contributed by atoms with Crippen LogP contribution in [-0.4, -0.2) is 29.3 Å². The van der Waals surface area contributed by atoms with Crippen LogP contribution in [0.25, 0.3) is 0 Å². The number of amides is 4. The predicted octanol–water partition coefficient (Wildman–Crippen LogP) is 4.51. The SMILES string of the molecule is CC(C)c1cccc(NC(=O)CN2C(=O)NC(C)(c3ccc(C(C)(C)C)cc3)C2=O)c1. The van der Waals surface area contributed by atoms with Crippen LogP contribution in [0.15, 0.2) is 48.5 Å². The molecule has 4 amide bonds. The highest BCUT2D eigenvalue weighted by atomic mass is 16.2. The first kappa shape index (κ1) is 22.5. The lowest BCUT2D eigenvalue weighted by Crippen LogP contribution is -2.42. The van der Waals surface area contributed by atoms with Gasteiger partial charge in [0.1, 0.15) is 12.1 Å². The fourth-order valence-corrected chi connectivity index (χ4v) is 3.66. The van der Waals surface area contributed by atoms with Crippen molar-refractivity contribution in [1.29, 1.82) is 0 Å². The molecule has 0 aromatic heterocycles. The second kappa shape index (κ2) is 8.17. The Kier molecular flexibility index (Phi) is 5.94. The Morgan fingerprint density at radius 3 is 2.32 bits per heavy atom. The van der Waals surface area contributed by atoms with Gasteiger partial charge in [0.05, 0.1) is 0 Å². The van der Waals surface area contributed by atoms with Crippen molar-refractivity contribution in [3.05, 3.63) is 65.2 Å². The molecule has 3 rings (SSSR count). The summed E-state index contributed by atoms with van der Waals surface area (Å²) >= 11 is 0. The van der Waals surface area contributed by atoms with Gasteiger partial charge in [-0.3, -0.25) is 14.5 Å². The molecular weight excluding hydrogens is 390 g/mol. The van der Waals surface area contributed by atoms with Crippen LogP contribution in [0.4, 0.5) is 10.5 Å². The first-order chi connectivity index (χ1) is 14.4. The quantitative estimate of drug-likeness (QED) is 0.697. The maximum absolute atomic E-state index is 13.1. The van der Waals surface area contributed by atoms with Crippen molar-refractivity contribution < 1.29 is 14.4 Å². The molecule has 0 saturated carbocycles. The van der Waals surface area contributed by atoms with Gasteiger partial charge < -0.3 is 10.6 Å². The van der Waals surface area contributed by atoms with E-state index in [-0.39, 0.29) is 12.0 Å². The van der Waals surface area contributed by atoms with Crippen molar-refractivity contribution in [2.24, 2.45) is 0 Å². The number of rotatable bonds is 5. The van der Waals surface area contributed by atoms with E-state index in [2.05, 4.69) is 45.3 Å². The van der Waals surface area contributed by atoms with Crippen molar-refractivity contribution in [2.75, 3.05) is 11.9 Å². The normalized spacial score (nSPS) is 19.0. The van der Waals surface area contributed by atoms with Gasteiger partial charge in [-0.15, -0.1) is 0 Å². The van der Waals surface area contributed by atoms with Gasteiger partial charge in [0, 0.05) is 5.69 Å². The number of nitrogens with zero attached hydrogens (tertiary/aromatic N) is 1. The third kappa shape index (κ3) is 4.63. The Morgan fingerprint density at radius 2 is 1.74 bits per heavy atom. The molecule has 164 valence electrons. The molecule has 31 heavy (non-hydrogen) atoms. The first-order valence-corrected chi connectivity index (χ1v) is 10.6. The van der Waals surface area contributed by atoms with Crippen LogP contribution in [0, 0.1) is 0 Å². The van der Waals surface area contributed by atoms with Crippen LogP contribution in [0.5, 0.6) is 0 Å². The molecule has 6 heteroatoms. The van der Waals surface area contributed by atoms with Crippen LogP contribution < -0.4 is 10.6 Å². The summed E-state index contributed by atoms with van der Waals surface area (Å²) in [6.07, 6.45) is 0. The van der Waals surface area contributed by atoms with E-state index in [4.69, 9.17) is 0 Å². The van der Waals surface area contributed by atoms with Crippen LogP contribution in [-0.2, 0) is 20.5 Å². The summed E-state index contributed by atoms with van der Waals surface area (Å²) < 4.78 is 0. The Morgan fingerprint density at radius 1 is 1.10 bits per heavy atom. The standard InChI is InChI=1S/C25H31N3O3/c1-16(2)17-8-7-9-20(14-17)26-21(29)15-28-22(30)25(6,27-23(28)31)19-12-10-18(11-13-19)24(3,4)5/h7-14,16H,15H2,1-6H3,(H,26,29)(H,27,31). The molecule has 2 aromatic carbocycles. The largest absolute Gasteiger partial charge is 0.325 e. The van der Waals surface area contributed by atoms with Gasteiger partial charge >= 0.3 is 6.03 Å². The highest BCUT2D eigenvalue weighted by molar-refractivity contribution is 6.10. The third-order valence-electron chi connectivity index (χ3n) is 5.74. The maximum Gasteiger partial charge on any atom is 0.325 e. The number of carbonyl (C=O) groups excluding carboxylic acids is 3.